The van der Waals surface area contributed by atoms with Crippen molar-refractivity contribution in [1.82, 2.24) is 4.98 Å². The highest BCUT2D eigenvalue weighted by Crippen LogP contribution is 2.31. The lowest BCUT2D eigenvalue weighted by Gasteiger charge is -2.19. The fourth-order valence-electron chi connectivity index (χ4n) is 2.05. The van der Waals surface area contributed by atoms with Crippen LogP contribution in [0.15, 0.2) is 5.38 Å². The SMILES string of the molecule is CC(CN)c1csc(C2CCCS(=O)(=O)C2)n1. The van der Waals surface area contributed by atoms with Gasteiger partial charge in [0.1, 0.15) is 0 Å². The van der Waals surface area contributed by atoms with Gasteiger partial charge in [0.05, 0.1) is 22.2 Å². The van der Waals surface area contributed by atoms with Crippen molar-refractivity contribution in [1.29, 1.82) is 0 Å². The van der Waals surface area contributed by atoms with E-state index in [1.54, 1.807) is 11.3 Å². The maximum Gasteiger partial charge on any atom is 0.151 e. The van der Waals surface area contributed by atoms with Crippen LogP contribution in [0, 0.1) is 0 Å². The molecule has 17 heavy (non-hydrogen) atoms. The molecule has 1 aromatic heterocycles. The quantitative estimate of drug-likeness (QED) is 0.906. The van der Waals surface area contributed by atoms with Gasteiger partial charge in [0.25, 0.3) is 0 Å². The minimum absolute atomic E-state index is 0.0949. The molecule has 0 aliphatic carbocycles. The van der Waals surface area contributed by atoms with Gasteiger partial charge in [-0.05, 0) is 12.8 Å². The van der Waals surface area contributed by atoms with Crippen LogP contribution in [0.2, 0.25) is 0 Å². The lowest BCUT2D eigenvalue weighted by atomic mass is 10.1. The van der Waals surface area contributed by atoms with Gasteiger partial charge in [-0.1, -0.05) is 6.92 Å². The predicted molar refractivity (Wildman–Crippen MR) is 70.2 cm³/mol. The van der Waals surface area contributed by atoms with Crippen LogP contribution in [-0.4, -0.2) is 31.5 Å². The molecular weight excluding hydrogens is 256 g/mol. The van der Waals surface area contributed by atoms with Gasteiger partial charge in [-0.3, -0.25) is 0 Å². The summed E-state index contributed by atoms with van der Waals surface area (Å²) in [5, 5.41) is 2.97. The van der Waals surface area contributed by atoms with Crippen molar-refractivity contribution in [3.63, 3.8) is 0 Å². The monoisotopic (exact) mass is 274 g/mol. The third-order valence-corrected chi connectivity index (χ3v) is 6.06. The summed E-state index contributed by atoms with van der Waals surface area (Å²) in [7, 11) is -2.85. The Kier molecular flexibility index (Phi) is 3.85. The van der Waals surface area contributed by atoms with Crippen LogP contribution >= 0.6 is 11.3 Å². The average Bonchev–Trinajstić information content (AvgIpc) is 2.76. The second kappa shape index (κ2) is 5.04. The van der Waals surface area contributed by atoms with E-state index in [0.29, 0.717) is 12.3 Å². The summed E-state index contributed by atoms with van der Waals surface area (Å²) >= 11 is 1.57. The standard InChI is InChI=1S/C11H18N2O2S2/c1-8(5-12)10-6-16-11(13-10)9-3-2-4-17(14,15)7-9/h6,8-9H,2-5,7,12H2,1H3. The first-order valence-corrected chi connectivity index (χ1v) is 8.58. The van der Waals surface area contributed by atoms with E-state index in [1.807, 2.05) is 12.3 Å². The van der Waals surface area contributed by atoms with E-state index in [9.17, 15) is 8.42 Å². The molecule has 0 radical (unpaired) electrons. The first-order valence-electron chi connectivity index (χ1n) is 5.87. The lowest BCUT2D eigenvalue weighted by molar-refractivity contribution is 0.552. The predicted octanol–water partition coefficient (Wildman–Crippen LogP) is 1.50. The second-order valence-corrected chi connectivity index (χ2v) is 7.82. The Morgan fingerprint density at radius 2 is 2.41 bits per heavy atom. The van der Waals surface area contributed by atoms with Crippen LogP contribution in [0.5, 0.6) is 0 Å². The van der Waals surface area contributed by atoms with Crippen molar-refractivity contribution in [3.05, 3.63) is 16.1 Å². The van der Waals surface area contributed by atoms with Crippen molar-refractivity contribution in [2.45, 2.75) is 31.6 Å². The number of hydrogen-bond donors (Lipinski definition) is 1. The topological polar surface area (TPSA) is 73.1 Å². The third-order valence-electron chi connectivity index (χ3n) is 3.21. The number of thiazole rings is 1. The van der Waals surface area contributed by atoms with Crippen molar-refractivity contribution >= 4 is 21.2 Å². The van der Waals surface area contributed by atoms with Gasteiger partial charge in [-0.25, -0.2) is 13.4 Å². The number of nitrogens with zero attached hydrogens (tertiary/aromatic N) is 1. The summed E-state index contributed by atoms with van der Waals surface area (Å²) in [5.41, 5.74) is 6.60. The molecule has 96 valence electrons. The lowest BCUT2D eigenvalue weighted by Crippen LogP contribution is -2.23. The van der Waals surface area contributed by atoms with E-state index in [0.717, 1.165) is 23.5 Å². The molecule has 2 rings (SSSR count). The van der Waals surface area contributed by atoms with Crippen LogP contribution in [0.1, 0.15) is 42.3 Å². The van der Waals surface area contributed by atoms with Crippen LogP contribution in [0.25, 0.3) is 0 Å². The zero-order valence-electron chi connectivity index (χ0n) is 9.93. The Balaban J connectivity index is 2.15. The Labute approximate surface area is 106 Å². The maximum atomic E-state index is 11.6. The van der Waals surface area contributed by atoms with Gasteiger partial charge in [-0.15, -0.1) is 11.3 Å². The van der Waals surface area contributed by atoms with E-state index < -0.39 is 9.84 Å². The third kappa shape index (κ3) is 3.05. The smallest absolute Gasteiger partial charge is 0.151 e. The number of rotatable bonds is 3. The number of hydrogen-bond acceptors (Lipinski definition) is 5. The van der Waals surface area contributed by atoms with Crippen molar-refractivity contribution in [2.24, 2.45) is 5.73 Å². The first kappa shape index (κ1) is 13.0. The van der Waals surface area contributed by atoms with E-state index >= 15 is 0 Å². The van der Waals surface area contributed by atoms with Gasteiger partial charge in [0, 0.05) is 23.8 Å². The second-order valence-electron chi connectivity index (χ2n) is 4.70. The molecule has 1 saturated heterocycles. The van der Waals surface area contributed by atoms with E-state index in [4.69, 9.17) is 5.73 Å². The molecule has 2 atom stereocenters. The number of nitrogens with two attached hydrogens (primary N) is 1. The van der Waals surface area contributed by atoms with Crippen LogP contribution < -0.4 is 5.73 Å². The van der Waals surface area contributed by atoms with Crippen LogP contribution in [-0.2, 0) is 9.84 Å². The highest BCUT2D eigenvalue weighted by Gasteiger charge is 2.28. The summed E-state index contributed by atoms with van der Waals surface area (Å²) in [6.07, 6.45) is 1.69. The van der Waals surface area contributed by atoms with E-state index in [2.05, 4.69) is 4.98 Å². The zero-order chi connectivity index (χ0) is 12.5. The normalized spacial score (nSPS) is 25.6. The molecule has 1 aliphatic heterocycles. The minimum Gasteiger partial charge on any atom is -0.330 e. The Bertz CT molecular complexity index is 481. The molecule has 0 bridgehead atoms. The van der Waals surface area contributed by atoms with Gasteiger partial charge in [0.2, 0.25) is 0 Å². The fourth-order valence-corrected chi connectivity index (χ4v) is 4.95. The fraction of sp³-hybridized carbons (Fsp3) is 0.727. The first-order chi connectivity index (χ1) is 8.02. The summed E-state index contributed by atoms with van der Waals surface area (Å²) in [4.78, 5) is 4.54. The molecule has 6 heteroatoms. The molecule has 0 spiro atoms. The van der Waals surface area contributed by atoms with Crippen LogP contribution in [0.3, 0.4) is 0 Å². The molecule has 0 aromatic carbocycles. The molecule has 1 aromatic rings. The molecule has 2 unspecified atom stereocenters. The Hall–Kier alpha value is -0.460. The van der Waals surface area contributed by atoms with Crippen LogP contribution in [0.4, 0.5) is 0 Å². The summed E-state index contributed by atoms with van der Waals surface area (Å²) in [6, 6.07) is 0. The largest absolute Gasteiger partial charge is 0.330 e. The van der Waals surface area contributed by atoms with Gasteiger partial charge >= 0.3 is 0 Å². The molecule has 2 heterocycles. The van der Waals surface area contributed by atoms with E-state index in [-0.39, 0.29) is 17.6 Å². The average molecular weight is 274 g/mol. The van der Waals surface area contributed by atoms with Crippen molar-refractivity contribution in [2.75, 3.05) is 18.1 Å². The zero-order valence-corrected chi connectivity index (χ0v) is 11.6. The van der Waals surface area contributed by atoms with Gasteiger partial charge in [0.15, 0.2) is 9.84 Å². The number of aromatic nitrogens is 1. The molecular formula is C11H18N2O2S2. The summed E-state index contributed by atoms with van der Waals surface area (Å²) in [6.45, 7) is 2.61. The van der Waals surface area contributed by atoms with Crippen molar-refractivity contribution < 1.29 is 8.42 Å². The summed E-state index contributed by atoms with van der Waals surface area (Å²) < 4.78 is 23.2. The molecule has 0 saturated carbocycles. The molecule has 1 aliphatic rings. The number of sulfone groups is 1. The van der Waals surface area contributed by atoms with Crippen molar-refractivity contribution in [3.8, 4) is 0 Å². The molecule has 4 nitrogen and oxygen atoms in total. The molecule has 1 fully saturated rings. The maximum absolute atomic E-state index is 11.6. The summed E-state index contributed by atoms with van der Waals surface area (Å²) in [5.74, 6) is 0.940. The van der Waals surface area contributed by atoms with E-state index in [1.165, 1.54) is 0 Å². The Morgan fingerprint density at radius 3 is 3.06 bits per heavy atom. The molecule has 2 N–H and O–H groups in total. The Morgan fingerprint density at radius 1 is 1.65 bits per heavy atom. The van der Waals surface area contributed by atoms with Gasteiger partial charge in [-0.2, -0.15) is 0 Å². The van der Waals surface area contributed by atoms with Gasteiger partial charge < -0.3 is 5.73 Å². The highest BCUT2D eigenvalue weighted by atomic mass is 32.2. The molecule has 0 amide bonds. The minimum atomic E-state index is -2.85. The highest BCUT2D eigenvalue weighted by molar-refractivity contribution is 7.91.